The van der Waals surface area contributed by atoms with E-state index in [9.17, 15) is 0 Å². The van der Waals surface area contributed by atoms with Gasteiger partial charge in [0.25, 0.3) is 0 Å². The van der Waals surface area contributed by atoms with E-state index in [0.717, 1.165) is 38.6 Å². The molecule has 0 unspecified atom stereocenters. The first-order chi connectivity index (χ1) is 10.4. The van der Waals surface area contributed by atoms with E-state index in [4.69, 9.17) is 0 Å². The highest BCUT2D eigenvalue weighted by atomic mass is 15.3. The second-order valence-corrected chi connectivity index (χ2v) is 4.69. The monoisotopic (exact) mass is 285 g/mol. The van der Waals surface area contributed by atoms with Gasteiger partial charge in [-0.25, -0.2) is 0 Å². The van der Waals surface area contributed by atoms with Gasteiger partial charge >= 0.3 is 0 Å². The first-order valence-electron chi connectivity index (χ1n) is 7.42. The zero-order valence-corrected chi connectivity index (χ0v) is 12.5. The number of rotatable bonds is 7. The van der Waals surface area contributed by atoms with Gasteiger partial charge in [0.15, 0.2) is 5.96 Å². The second-order valence-electron chi connectivity index (χ2n) is 4.69. The molecule has 0 fully saturated rings. The average molecular weight is 285 g/mol. The number of aliphatic imine (C=N–C) groups is 1. The molecule has 0 spiro atoms. The maximum absolute atomic E-state index is 4.59. The highest BCUT2D eigenvalue weighted by Gasteiger charge is 1.97. The van der Waals surface area contributed by atoms with Gasteiger partial charge in [-0.05, 0) is 25.0 Å². The fourth-order valence-corrected chi connectivity index (χ4v) is 2.00. The zero-order valence-electron chi connectivity index (χ0n) is 12.5. The molecule has 0 aliphatic heterocycles. The largest absolute Gasteiger partial charge is 0.357 e. The van der Waals surface area contributed by atoms with Crippen molar-refractivity contribution in [1.29, 1.82) is 0 Å². The van der Waals surface area contributed by atoms with Gasteiger partial charge in [-0.15, -0.1) is 0 Å². The zero-order chi connectivity index (χ0) is 14.8. The van der Waals surface area contributed by atoms with Crippen LogP contribution in [0, 0.1) is 0 Å². The first kappa shape index (κ1) is 15.1. The average Bonchev–Trinajstić information content (AvgIpc) is 3.02. The highest BCUT2D eigenvalue weighted by Crippen LogP contribution is 1.99. The molecule has 1 aromatic heterocycles. The van der Waals surface area contributed by atoms with Gasteiger partial charge in [0.1, 0.15) is 0 Å². The molecule has 0 atom stereocenters. The van der Waals surface area contributed by atoms with E-state index >= 15 is 0 Å². The van der Waals surface area contributed by atoms with Gasteiger partial charge in [-0.3, -0.25) is 9.67 Å². The van der Waals surface area contributed by atoms with Crippen molar-refractivity contribution in [3.8, 4) is 0 Å². The smallest absolute Gasteiger partial charge is 0.191 e. The summed E-state index contributed by atoms with van der Waals surface area (Å²) in [5.74, 6) is 0.862. The van der Waals surface area contributed by atoms with E-state index in [0.29, 0.717) is 0 Å². The summed E-state index contributed by atoms with van der Waals surface area (Å²) in [6.45, 7) is 5.34. The van der Waals surface area contributed by atoms with Crippen LogP contribution in [0.2, 0.25) is 0 Å². The van der Waals surface area contributed by atoms with Crippen molar-refractivity contribution in [1.82, 2.24) is 20.4 Å². The summed E-state index contributed by atoms with van der Waals surface area (Å²) in [6, 6.07) is 12.4. The summed E-state index contributed by atoms with van der Waals surface area (Å²) in [7, 11) is 0. The molecule has 112 valence electrons. The Bertz CT molecular complexity index is 519. The third kappa shape index (κ3) is 5.69. The fraction of sp³-hybridized carbons (Fsp3) is 0.375. The predicted octanol–water partition coefficient (Wildman–Crippen LogP) is 1.68. The molecule has 0 aliphatic rings. The number of guanidine groups is 1. The number of benzene rings is 1. The van der Waals surface area contributed by atoms with Crippen LogP contribution in [0.3, 0.4) is 0 Å². The second kappa shape index (κ2) is 8.79. The molecular weight excluding hydrogens is 262 g/mol. The van der Waals surface area contributed by atoms with E-state index < -0.39 is 0 Å². The minimum atomic E-state index is 0.779. The van der Waals surface area contributed by atoms with Gasteiger partial charge in [-0.2, -0.15) is 5.10 Å². The molecule has 5 heteroatoms. The molecule has 0 aliphatic carbocycles. The van der Waals surface area contributed by atoms with Crippen molar-refractivity contribution in [2.75, 3.05) is 19.6 Å². The van der Waals surface area contributed by atoms with Crippen LogP contribution in [0.1, 0.15) is 12.5 Å². The molecule has 0 bridgehead atoms. The Kier molecular flexibility index (Phi) is 6.32. The number of hydrogen-bond donors (Lipinski definition) is 2. The van der Waals surface area contributed by atoms with Crippen molar-refractivity contribution < 1.29 is 0 Å². The van der Waals surface area contributed by atoms with Crippen LogP contribution in [-0.2, 0) is 13.0 Å². The highest BCUT2D eigenvalue weighted by molar-refractivity contribution is 5.79. The summed E-state index contributed by atoms with van der Waals surface area (Å²) >= 11 is 0. The Morgan fingerprint density at radius 2 is 2.05 bits per heavy atom. The third-order valence-corrected chi connectivity index (χ3v) is 3.05. The molecule has 21 heavy (non-hydrogen) atoms. The lowest BCUT2D eigenvalue weighted by molar-refractivity contribution is 0.598. The molecule has 0 saturated carbocycles. The maximum Gasteiger partial charge on any atom is 0.191 e. The Balaban J connectivity index is 1.75. The summed E-state index contributed by atoms with van der Waals surface area (Å²) in [4.78, 5) is 4.59. The van der Waals surface area contributed by atoms with Crippen LogP contribution in [-0.4, -0.2) is 35.4 Å². The van der Waals surface area contributed by atoms with Crippen LogP contribution < -0.4 is 10.6 Å². The van der Waals surface area contributed by atoms with E-state index in [1.54, 1.807) is 6.20 Å². The fourth-order valence-electron chi connectivity index (χ4n) is 2.00. The molecule has 1 aromatic carbocycles. The maximum atomic E-state index is 4.59. The van der Waals surface area contributed by atoms with Crippen molar-refractivity contribution >= 4 is 5.96 Å². The molecule has 0 saturated heterocycles. The Labute approximate surface area is 126 Å². The van der Waals surface area contributed by atoms with Crippen LogP contribution in [0.5, 0.6) is 0 Å². The van der Waals surface area contributed by atoms with Crippen molar-refractivity contribution in [2.45, 2.75) is 19.9 Å². The van der Waals surface area contributed by atoms with E-state index in [1.807, 2.05) is 23.0 Å². The quantitative estimate of drug-likeness (QED) is 0.601. The van der Waals surface area contributed by atoms with E-state index in [1.165, 1.54) is 5.56 Å². The number of nitrogens with one attached hydrogen (secondary N) is 2. The molecule has 1 heterocycles. The van der Waals surface area contributed by atoms with Gasteiger partial charge in [0.05, 0.1) is 6.54 Å². The van der Waals surface area contributed by atoms with E-state index in [2.05, 4.69) is 51.9 Å². The van der Waals surface area contributed by atoms with Gasteiger partial charge < -0.3 is 10.6 Å². The van der Waals surface area contributed by atoms with Crippen molar-refractivity contribution in [3.63, 3.8) is 0 Å². The van der Waals surface area contributed by atoms with Crippen LogP contribution >= 0.6 is 0 Å². The summed E-state index contributed by atoms with van der Waals surface area (Å²) in [5, 5.41) is 10.8. The molecule has 0 radical (unpaired) electrons. The normalized spacial score (nSPS) is 11.4. The van der Waals surface area contributed by atoms with Gasteiger partial charge in [-0.1, -0.05) is 30.3 Å². The summed E-state index contributed by atoms with van der Waals surface area (Å²) in [5.41, 5.74) is 1.31. The van der Waals surface area contributed by atoms with Gasteiger partial charge in [0.2, 0.25) is 0 Å². The SMILES string of the molecule is CCNC(=NCCc1ccccc1)NCCn1cccn1. The van der Waals surface area contributed by atoms with E-state index in [-0.39, 0.29) is 0 Å². The molecule has 2 aromatic rings. The Morgan fingerprint density at radius 3 is 2.76 bits per heavy atom. The van der Waals surface area contributed by atoms with Crippen molar-refractivity contribution in [3.05, 3.63) is 54.4 Å². The molecule has 5 nitrogen and oxygen atoms in total. The van der Waals surface area contributed by atoms with Crippen LogP contribution in [0.4, 0.5) is 0 Å². The summed E-state index contributed by atoms with van der Waals surface area (Å²) < 4.78 is 1.90. The molecule has 0 amide bonds. The van der Waals surface area contributed by atoms with Crippen LogP contribution in [0.25, 0.3) is 0 Å². The molecule has 2 rings (SSSR count). The summed E-state index contributed by atoms with van der Waals surface area (Å²) in [6.07, 6.45) is 4.71. The van der Waals surface area contributed by atoms with Gasteiger partial charge in [0, 0.05) is 32.0 Å². The lowest BCUT2D eigenvalue weighted by Crippen LogP contribution is -2.39. The number of hydrogen-bond acceptors (Lipinski definition) is 2. The molecule has 2 N–H and O–H groups in total. The van der Waals surface area contributed by atoms with Crippen LogP contribution in [0.15, 0.2) is 53.8 Å². The molecular formula is C16H23N5. The lowest BCUT2D eigenvalue weighted by Gasteiger charge is -2.11. The Hall–Kier alpha value is -2.30. The number of nitrogens with zero attached hydrogens (tertiary/aromatic N) is 3. The number of aromatic nitrogens is 2. The first-order valence-corrected chi connectivity index (χ1v) is 7.42. The standard InChI is InChI=1S/C16H23N5/c1-2-17-16(19-12-14-21-13-6-10-20-21)18-11-9-15-7-4-3-5-8-15/h3-8,10,13H,2,9,11-12,14H2,1H3,(H2,17,18,19). The minimum Gasteiger partial charge on any atom is -0.357 e. The van der Waals surface area contributed by atoms with Crippen molar-refractivity contribution in [2.24, 2.45) is 4.99 Å². The lowest BCUT2D eigenvalue weighted by atomic mass is 10.2. The predicted molar refractivity (Wildman–Crippen MR) is 86.4 cm³/mol. The topological polar surface area (TPSA) is 54.2 Å². The Morgan fingerprint density at radius 1 is 1.19 bits per heavy atom. The third-order valence-electron chi connectivity index (χ3n) is 3.05. The minimum absolute atomic E-state index is 0.779.